The average molecular weight is 1430 g/mol. The van der Waals surface area contributed by atoms with E-state index in [4.69, 9.17) is 18.9 Å². The lowest BCUT2D eigenvalue weighted by atomic mass is 10.0. The van der Waals surface area contributed by atoms with E-state index in [1.165, 1.54) is 31.8 Å². The van der Waals surface area contributed by atoms with E-state index in [-0.39, 0.29) is 88.9 Å². The maximum Gasteiger partial charge on any atom is 0.328 e. The van der Waals surface area contributed by atoms with E-state index in [2.05, 4.69) is 141 Å². The highest BCUT2D eigenvalue weighted by molar-refractivity contribution is 8.76. The zero-order valence-electron chi connectivity index (χ0n) is 56.9. The molecule has 6 rings (SSSR count). The Bertz CT molecular complexity index is 3310. The van der Waals surface area contributed by atoms with E-state index in [0.29, 0.717) is 19.3 Å². The molecule has 20 nitrogen and oxygen atoms in total. The number of amides is 6. The SMILES string of the molecule is CCOC(=O)CNC(=O)[C@H](CSSC[C@H](NC(=O)CCC(NC(=O)CCCC[P+](c1ccccc1)(c1ccccc1)c1ccccc1)C(=O)OCC)C(=O)NCC(=O)OCC)NC(=O)CCC(CNC(=O)CCCC[P+](c1ccccc1)(c1ccccc1)c1ccccc1)C(=O)OCC. The lowest BCUT2D eigenvalue weighted by Gasteiger charge is -2.27. The molecule has 2 unspecified atom stereocenters. The van der Waals surface area contributed by atoms with Crippen molar-refractivity contribution in [1.82, 2.24) is 31.9 Å². The first kappa shape index (κ1) is 79.6. The minimum absolute atomic E-state index is 0.0134. The van der Waals surface area contributed by atoms with Crippen LogP contribution in [-0.4, -0.2) is 147 Å². The largest absolute Gasteiger partial charge is 0.466 e. The first-order valence-electron chi connectivity index (χ1n) is 33.8. The fourth-order valence-electron chi connectivity index (χ4n) is 11.4. The summed E-state index contributed by atoms with van der Waals surface area (Å²) in [5, 5.41) is 23.4. The van der Waals surface area contributed by atoms with Gasteiger partial charge in [-0.25, -0.2) is 4.79 Å². The first-order chi connectivity index (χ1) is 48.1. The molecular weight excluding hydrogens is 1330 g/mol. The fourth-order valence-corrected chi connectivity index (χ4v) is 22.5. The monoisotopic (exact) mass is 1430 g/mol. The van der Waals surface area contributed by atoms with Crippen molar-refractivity contribution in [3.05, 3.63) is 182 Å². The Kier molecular flexibility index (Phi) is 35.3. The van der Waals surface area contributed by atoms with Gasteiger partial charge in [-0.1, -0.05) is 131 Å². The van der Waals surface area contributed by atoms with Gasteiger partial charge in [0.2, 0.25) is 35.4 Å². The van der Waals surface area contributed by atoms with Crippen LogP contribution in [0.3, 0.4) is 0 Å². The maximum atomic E-state index is 13.8. The molecule has 6 aromatic carbocycles. The molecule has 24 heteroatoms. The Labute approximate surface area is 590 Å². The number of unbranched alkanes of at least 4 members (excludes halogenated alkanes) is 2. The third-order valence-electron chi connectivity index (χ3n) is 16.2. The molecule has 0 radical (unpaired) electrons. The van der Waals surface area contributed by atoms with Gasteiger partial charge in [-0.05, 0) is 139 Å². The molecule has 4 atom stereocenters. The first-order valence-corrected chi connectivity index (χ1v) is 40.2. The predicted molar refractivity (Wildman–Crippen MR) is 396 cm³/mol. The van der Waals surface area contributed by atoms with Crippen molar-refractivity contribution >= 4 is 127 Å². The van der Waals surface area contributed by atoms with Gasteiger partial charge in [0.05, 0.1) is 44.7 Å². The van der Waals surface area contributed by atoms with Crippen molar-refractivity contribution in [2.45, 2.75) is 110 Å². The second-order valence-corrected chi connectivity index (χ2v) is 32.8. The standard InChI is InChI=1S/C75H92N6O14P2S2/c1-5-92-70(86)52-77-72(88)64(80-68(84)47-45-56(74(90)94-7-3)51-76-66(82)43-27-29-49-96(57-31-15-9-16-32-57,58-33-17-10-18-34-58)59-35-19-11-20-36-59)54-98-99-55-65(73(89)78-53-71(87)93-6-2)81-69(85)48-46-63(75(91)95-8-4)79-67(83)44-28-30-50-97(60-37-21-12-22-38-60,61-39-23-13-24-40-61)62-41-25-14-26-42-62/h9-26,31-42,56,63-65H,5-8,27-30,43-55H2,1-4H3,(H4-2,76,77,78,79,80,81,82,83,84,85,88,89)/p+2/t56?,63?,64-,65-/m0/s1. The van der Waals surface area contributed by atoms with Crippen LogP contribution in [0.15, 0.2) is 182 Å². The van der Waals surface area contributed by atoms with E-state index in [1.54, 1.807) is 27.7 Å². The predicted octanol–water partition coefficient (Wildman–Crippen LogP) is 6.93. The second-order valence-electron chi connectivity index (χ2n) is 23.1. The number of ether oxygens (including phenoxy) is 4. The number of nitrogens with one attached hydrogen (secondary N) is 6. The number of benzene rings is 6. The summed E-state index contributed by atoms with van der Waals surface area (Å²) in [7, 11) is -2.17. The summed E-state index contributed by atoms with van der Waals surface area (Å²) in [4.78, 5) is 133. The number of carbonyl (C=O) groups is 10. The van der Waals surface area contributed by atoms with E-state index in [9.17, 15) is 47.9 Å². The van der Waals surface area contributed by atoms with E-state index in [1.807, 2.05) is 72.8 Å². The zero-order valence-corrected chi connectivity index (χ0v) is 60.3. The van der Waals surface area contributed by atoms with Crippen molar-refractivity contribution < 1.29 is 66.9 Å². The van der Waals surface area contributed by atoms with E-state index < -0.39 is 105 Å². The molecule has 0 spiro atoms. The Morgan fingerprint density at radius 2 is 0.667 bits per heavy atom. The molecule has 6 N–H and O–H groups in total. The van der Waals surface area contributed by atoms with E-state index >= 15 is 0 Å². The lowest BCUT2D eigenvalue weighted by molar-refractivity contribution is -0.149. The van der Waals surface area contributed by atoms with Gasteiger partial charge in [-0.15, -0.1) is 0 Å². The van der Waals surface area contributed by atoms with Gasteiger partial charge < -0.3 is 50.8 Å². The number of hydrogen-bond acceptors (Lipinski definition) is 16. The Morgan fingerprint density at radius 1 is 0.354 bits per heavy atom. The Balaban J connectivity index is 1.04. The van der Waals surface area contributed by atoms with Crippen LogP contribution in [0.5, 0.6) is 0 Å². The third kappa shape index (κ3) is 25.7. The molecule has 99 heavy (non-hydrogen) atoms. The average Bonchev–Trinajstić information content (AvgIpc) is 0.768. The van der Waals surface area contributed by atoms with Gasteiger partial charge in [0.15, 0.2) is 0 Å². The molecule has 0 saturated heterocycles. The minimum atomic E-state index is -2.15. The van der Waals surface area contributed by atoms with Crippen molar-refractivity contribution in [3.8, 4) is 0 Å². The van der Waals surface area contributed by atoms with Crippen LogP contribution in [0.1, 0.15) is 91.9 Å². The highest BCUT2D eigenvalue weighted by Gasteiger charge is 2.46. The summed E-state index contributed by atoms with van der Waals surface area (Å²) < 4.78 is 20.6. The summed E-state index contributed by atoms with van der Waals surface area (Å²) >= 11 is 0. The molecule has 0 bridgehead atoms. The van der Waals surface area contributed by atoms with Gasteiger partial charge in [0.1, 0.15) is 77.6 Å². The number of rotatable bonds is 44. The van der Waals surface area contributed by atoms with Crippen LogP contribution in [0.2, 0.25) is 0 Å². The van der Waals surface area contributed by atoms with Gasteiger partial charge in [-0.2, -0.15) is 0 Å². The molecule has 0 fully saturated rings. The molecule has 0 aliphatic heterocycles. The minimum Gasteiger partial charge on any atom is -0.466 e. The Morgan fingerprint density at radius 3 is 1.02 bits per heavy atom. The Hall–Kier alpha value is -8.42. The van der Waals surface area contributed by atoms with Crippen molar-refractivity contribution in [2.24, 2.45) is 5.92 Å². The maximum absolute atomic E-state index is 13.8. The lowest BCUT2D eigenvalue weighted by Crippen LogP contribution is -2.50. The molecule has 6 amide bonds. The second kappa shape index (κ2) is 43.9. The molecule has 0 saturated carbocycles. The fraction of sp³-hybridized carbons (Fsp3) is 0.387. The summed E-state index contributed by atoms with van der Waals surface area (Å²) in [5.74, 6) is -7.44. The number of esters is 4. The van der Waals surface area contributed by atoms with Crippen LogP contribution in [0.25, 0.3) is 0 Å². The van der Waals surface area contributed by atoms with Gasteiger partial charge in [0.25, 0.3) is 0 Å². The molecule has 0 aromatic heterocycles. The zero-order chi connectivity index (χ0) is 71.1. The summed E-state index contributed by atoms with van der Waals surface area (Å²) in [6.45, 7) is 5.54. The van der Waals surface area contributed by atoms with Crippen molar-refractivity contribution in [3.63, 3.8) is 0 Å². The summed E-state index contributed by atoms with van der Waals surface area (Å²) in [5.41, 5.74) is 0. The molecule has 0 aliphatic rings. The van der Waals surface area contributed by atoms with Gasteiger partial charge >= 0.3 is 23.9 Å². The topological polar surface area (TPSA) is 280 Å². The number of hydrogen-bond donors (Lipinski definition) is 6. The molecule has 0 aliphatic carbocycles. The molecular formula is C75H94N6O14P2S2+2. The van der Waals surface area contributed by atoms with E-state index in [0.717, 1.165) is 40.3 Å². The third-order valence-corrected chi connectivity index (χ3v) is 27.7. The highest BCUT2D eigenvalue weighted by Crippen LogP contribution is 2.57. The molecule has 0 heterocycles. The van der Waals surface area contributed by atoms with Crippen LogP contribution in [0.4, 0.5) is 0 Å². The molecule has 528 valence electrons. The molecule has 6 aromatic rings. The van der Waals surface area contributed by atoms with Crippen LogP contribution in [0, 0.1) is 5.92 Å². The van der Waals surface area contributed by atoms with Crippen LogP contribution >= 0.6 is 36.1 Å². The normalized spacial score (nSPS) is 12.4. The quantitative estimate of drug-likeness (QED) is 0.00744. The van der Waals surface area contributed by atoms with Gasteiger partial charge in [0, 0.05) is 43.7 Å². The van der Waals surface area contributed by atoms with Gasteiger partial charge in [-0.3, -0.25) is 43.2 Å². The van der Waals surface area contributed by atoms with Crippen molar-refractivity contribution in [1.29, 1.82) is 0 Å². The summed E-state index contributed by atoms with van der Waals surface area (Å²) in [6.07, 6.45) is 3.58. The summed E-state index contributed by atoms with van der Waals surface area (Å²) in [6, 6.07) is 58.9. The number of carbonyl (C=O) groups excluding carboxylic acids is 10. The highest BCUT2D eigenvalue weighted by atomic mass is 33.1. The van der Waals surface area contributed by atoms with Crippen molar-refractivity contribution in [2.75, 3.05) is 69.9 Å². The smallest absolute Gasteiger partial charge is 0.328 e. The van der Waals surface area contributed by atoms with Crippen LogP contribution in [-0.2, 0) is 66.9 Å². The van der Waals surface area contributed by atoms with Crippen LogP contribution < -0.4 is 63.7 Å².